The van der Waals surface area contributed by atoms with E-state index in [9.17, 15) is 4.39 Å². The summed E-state index contributed by atoms with van der Waals surface area (Å²) in [5.74, 6) is 0.911. The molecule has 2 aromatic rings. The van der Waals surface area contributed by atoms with Crippen LogP contribution >= 0.6 is 0 Å². The Kier molecular flexibility index (Phi) is 3.93. The Labute approximate surface area is 125 Å². The van der Waals surface area contributed by atoms with Gasteiger partial charge in [-0.1, -0.05) is 30.3 Å². The molecule has 1 aliphatic rings. The number of nitrogens with one attached hydrogen (secondary N) is 1. The molecule has 0 spiro atoms. The molecule has 2 atom stereocenters. The number of fused-ring (bicyclic) bond motifs is 1. The summed E-state index contributed by atoms with van der Waals surface area (Å²) in [6.45, 7) is 2.83. The number of methoxy groups -OCH3 is 1. The first-order valence-corrected chi connectivity index (χ1v) is 7.34. The first-order chi connectivity index (χ1) is 10.2. The third-order valence-corrected chi connectivity index (χ3v) is 4.30. The van der Waals surface area contributed by atoms with Gasteiger partial charge in [-0.25, -0.2) is 4.39 Å². The normalized spacial score (nSPS) is 17.8. The van der Waals surface area contributed by atoms with E-state index in [0.29, 0.717) is 17.2 Å². The second kappa shape index (κ2) is 5.86. The van der Waals surface area contributed by atoms with Crippen LogP contribution in [0.3, 0.4) is 0 Å². The van der Waals surface area contributed by atoms with Gasteiger partial charge in [0, 0.05) is 24.1 Å². The number of hydrogen-bond donors (Lipinski definition) is 1. The Balaban J connectivity index is 1.67. The molecule has 2 unspecified atom stereocenters. The summed E-state index contributed by atoms with van der Waals surface area (Å²) in [6.07, 6.45) is 1.10. The molecule has 0 saturated carbocycles. The average Bonchev–Trinajstić information content (AvgIpc) is 2.47. The molecule has 0 aromatic heterocycles. The highest BCUT2D eigenvalue weighted by atomic mass is 19.1. The lowest BCUT2D eigenvalue weighted by molar-refractivity contribution is 0.390. The van der Waals surface area contributed by atoms with Gasteiger partial charge < -0.3 is 10.1 Å². The predicted molar refractivity (Wildman–Crippen MR) is 82.3 cm³/mol. The fraction of sp³-hybridized carbons (Fsp3) is 0.333. The number of rotatable bonds is 5. The van der Waals surface area contributed by atoms with E-state index in [4.69, 9.17) is 4.74 Å². The summed E-state index contributed by atoms with van der Waals surface area (Å²) >= 11 is 0. The SMILES string of the molecule is COc1cccc(F)c1C(C)NCC1Cc2ccccc21. The molecule has 0 saturated heterocycles. The van der Waals surface area contributed by atoms with Crippen LogP contribution in [0.5, 0.6) is 5.75 Å². The molecule has 0 aliphatic heterocycles. The van der Waals surface area contributed by atoms with E-state index in [1.807, 2.05) is 6.92 Å². The predicted octanol–water partition coefficient (Wildman–Crippen LogP) is 3.82. The highest BCUT2D eigenvalue weighted by molar-refractivity contribution is 5.40. The van der Waals surface area contributed by atoms with Crippen molar-refractivity contribution in [1.82, 2.24) is 5.32 Å². The monoisotopic (exact) mass is 285 g/mol. The first kappa shape index (κ1) is 14.1. The fourth-order valence-corrected chi connectivity index (χ4v) is 3.08. The van der Waals surface area contributed by atoms with Crippen LogP contribution in [-0.4, -0.2) is 13.7 Å². The highest BCUT2D eigenvalue weighted by Gasteiger charge is 2.26. The standard InChI is InChI=1S/C18H20FNO/c1-12(18-16(19)8-5-9-17(18)21-2)20-11-14-10-13-6-3-4-7-15(13)14/h3-9,12,14,20H,10-11H2,1-2H3. The largest absolute Gasteiger partial charge is 0.496 e. The molecule has 3 heteroatoms. The van der Waals surface area contributed by atoms with Crippen LogP contribution in [0.4, 0.5) is 4.39 Å². The first-order valence-electron chi connectivity index (χ1n) is 7.34. The van der Waals surface area contributed by atoms with Crippen LogP contribution in [0, 0.1) is 5.82 Å². The summed E-state index contributed by atoms with van der Waals surface area (Å²) in [4.78, 5) is 0. The van der Waals surface area contributed by atoms with E-state index in [-0.39, 0.29) is 11.9 Å². The maximum Gasteiger partial charge on any atom is 0.131 e. The van der Waals surface area contributed by atoms with Gasteiger partial charge in [0.15, 0.2) is 0 Å². The van der Waals surface area contributed by atoms with Crippen LogP contribution in [-0.2, 0) is 6.42 Å². The molecule has 0 bridgehead atoms. The van der Waals surface area contributed by atoms with Crippen LogP contribution in [0.2, 0.25) is 0 Å². The molecule has 1 aliphatic carbocycles. The Morgan fingerprint density at radius 2 is 2.05 bits per heavy atom. The summed E-state index contributed by atoms with van der Waals surface area (Å²) in [5, 5.41) is 3.44. The summed E-state index contributed by atoms with van der Waals surface area (Å²) in [6, 6.07) is 13.4. The van der Waals surface area contributed by atoms with E-state index in [1.165, 1.54) is 17.2 Å². The van der Waals surface area contributed by atoms with Crippen molar-refractivity contribution < 1.29 is 9.13 Å². The van der Waals surface area contributed by atoms with Crippen LogP contribution in [0.15, 0.2) is 42.5 Å². The minimum atomic E-state index is -0.219. The summed E-state index contributed by atoms with van der Waals surface area (Å²) < 4.78 is 19.3. The van der Waals surface area contributed by atoms with Crippen molar-refractivity contribution >= 4 is 0 Å². The summed E-state index contributed by atoms with van der Waals surface area (Å²) in [7, 11) is 1.58. The average molecular weight is 285 g/mol. The second-order valence-electron chi connectivity index (χ2n) is 5.59. The molecule has 3 rings (SSSR count). The molecular weight excluding hydrogens is 265 g/mol. The number of ether oxygens (including phenoxy) is 1. The lowest BCUT2D eigenvalue weighted by Gasteiger charge is -2.31. The van der Waals surface area contributed by atoms with Crippen LogP contribution < -0.4 is 10.1 Å². The number of halogens is 1. The second-order valence-corrected chi connectivity index (χ2v) is 5.59. The minimum absolute atomic E-state index is 0.0751. The zero-order chi connectivity index (χ0) is 14.8. The van der Waals surface area contributed by atoms with Crippen molar-refractivity contribution in [2.45, 2.75) is 25.3 Å². The Morgan fingerprint density at radius 1 is 1.24 bits per heavy atom. The van der Waals surface area contributed by atoms with Crippen LogP contribution in [0.25, 0.3) is 0 Å². The third kappa shape index (κ3) is 2.66. The molecule has 2 nitrogen and oxygen atoms in total. The number of benzene rings is 2. The lowest BCUT2D eigenvalue weighted by Crippen LogP contribution is -2.31. The molecule has 0 amide bonds. The van der Waals surface area contributed by atoms with E-state index in [1.54, 1.807) is 19.2 Å². The van der Waals surface area contributed by atoms with Gasteiger partial charge in [0.05, 0.1) is 7.11 Å². The Hall–Kier alpha value is -1.87. The van der Waals surface area contributed by atoms with E-state index < -0.39 is 0 Å². The number of hydrogen-bond acceptors (Lipinski definition) is 2. The van der Waals surface area contributed by atoms with Crippen molar-refractivity contribution in [3.63, 3.8) is 0 Å². The van der Waals surface area contributed by atoms with Gasteiger partial charge in [0.2, 0.25) is 0 Å². The molecule has 0 heterocycles. The maximum atomic E-state index is 14.0. The van der Waals surface area contributed by atoms with Gasteiger partial charge in [-0.05, 0) is 36.6 Å². The molecule has 2 aromatic carbocycles. The zero-order valence-electron chi connectivity index (χ0n) is 12.4. The molecule has 110 valence electrons. The lowest BCUT2D eigenvalue weighted by atomic mass is 9.77. The Morgan fingerprint density at radius 3 is 2.81 bits per heavy atom. The summed E-state index contributed by atoms with van der Waals surface area (Å²) in [5.41, 5.74) is 3.45. The van der Waals surface area contributed by atoms with E-state index in [0.717, 1.165) is 13.0 Å². The van der Waals surface area contributed by atoms with E-state index >= 15 is 0 Å². The van der Waals surface area contributed by atoms with Crippen LogP contribution in [0.1, 0.15) is 35.6 Å². The van der Waals surface area contributed by atoms with Crippen molar-refractivity contribution in [3.05, 3.63) is 65.0 Å². The smallest absolute Gasteiger partial charge is 0.131 e. The Bertz CT molecular complexity index is 641. The zero-order valence-corrected chi connectivity index (χ0v) is 12.4. The van der Waals surface area contributed by atoms with Gasteiger partial charge in [-0.15, -0.1) is 0 Å². The van der Waals surface area contributed by atoms with Crippen molar-refractivity contribution in [2.24, 2.45) is 0 Å². The van der Waals surface area contributed by atoms with Gasteiger partial charge in [-0.3, -0.25) is 0 Å². The molecule has 21 heavy (non-hydrogen) atoms. The maximum absolute atomic E-state index is 14.0. The molecular formula is C18H20FNO. The van der Waals surface area contributed by atoms with Gasteiger partial charge >= 0.3 is 0 Å². The highest BCUT2D eigenvalue weighted by Crippen LogP contribution is 2.35. The van der Waals surface area contributed by atoms with Crippen molar-refractivity contribution in [2.75, 3.05) is 13.7 Å². The quantitative estimate of drug-likeness (QED) is 0.901. The third-order valence-electron chi connectivity index (χ3n) is 4.30. The van der Waals surface area contributed by atoms with Gasteiger partial charge in [0.1, 0.15) is 11.6 Å². The van der Waals surface area contributed by atoms with Gasteiger partial charge in [-0.2, -0.15) is 0 Å². The fourth-order valence-electron chi connectivity index (χ4n) is 3.08. The van der Waals surface area contributed by atoms with Crippen molar-refractivity contribution in [1.29, 1.82) is 0 Å². The van der Waals surface area contributed by atoms with Crippen molar-refractivity contribution in [3.8, 4) is 5.75 Å². The van der Waals surface area contributed by atoms with E-state index in [2.05, 4.69) is 29.6 Å². The topological polar surface area (TPSA) is 21.3 Å². The van der Waals surface area contributed by atoms with Gasteiger partial charge in [0.25, 0.3) is 0 Å². The molecule has 0 radical (unpaired) electrons. The minimum Gasteiger partial charge on any atom is -0.496 e. The molecule has 0 fully saturated rings. The molecule has 1 N–H and O–H groups in total.